The predicted octanol–water partition coefficient (Wildman–Crippen LogP) is 5.04. The molecule has 1 saturated heterocycles. The van der Waals surface area contributed by atoms with Crippen LogP contribution in [-0.4, -0.2) is 65.6 Å². The highest BCUT2D eigenvalue weighted by Crippen LogP contribution is 2.41. The van der Waals surface area contributed by atoms with E-state index in [-0.39, 0.29) is 18.4 Å². The zero-order valence-electron chi connectivity index (χ0n) is 23.3. The molecule has 1 N–H and O–H groups in total. The van der Waals surface area contributed by atoms with Crippen molar-refractivity contribution in [1.29, 1.82) is 0 Å². The highest BCUT2D eigenvalue weighted by atomic mass is 32.1. The molecule has 0 radical (unpaired) electrons. The molecule has 2 aromatic heterocycles. The van der Waals surface area contributed by atoms with Crippen LogP contribution in [-0.2, 0) is 22.3 Å². The van der Waals surface area contributed by atoms with Crippen LogP contribution < -0.4 is 5.56 Å². The second kappa shape index (κ2) is 11.9. The van der Waals surface area contributed by atoms with Gasteiger partial charge < -0.3 is 19.5 Å². The Bertz CT molecular complexity index is 1750. The summed E-state index contributed by atoms with van der Waals surface area (Å²) in [5.74, 6) is -0.785. The van der Waals surface area contributed by atoms with Crippen molar-refractivity contribution in [2.75, 3.05) is 32.9 Å². The number of carbonyl (C=O) groups excluding carboxylic acids is 2. The number of hydrogen-bond acceptors (Lipinski definition) is 8. The van der Waals surface area contributed by atoms with E-state index in [2.05, 4.69) is 0 Å². The van der Waals surface area contributed by atoms with Crippen LogP contribution in [0.4, 0.5) is 5.00 Å². The van der Waals surface area contributed by atoms with Crippen molar-refractivity contribution in [2.24, 2.45) is 4.99 Å². The average molecular weight is 586 g/mol. The first-order chi connectivity index (χ1) is 20.5. The van der Waals surface area contributed by atoms with Crippen molar-refractivity contribution in [3.8, 4) is 11.6 Å². The first kappa shape index (κ1) is 27.9. The Morgan fingerprint density at radius 3 is 2.50 bits per heavy atom. The summed E-state index contributed by atoms with van der Waals surface area (Å²) in [7, 11) is 0. The number of rotatable bonds is 6. The number of aryl methyl sites for hydroxylation is 1. The number of benzene rings is 2. The van der Waals surface area contributed by atoms with Gasteiger partial charge in [0, 0.05) is 35.0 Å². The molecule has 3 heterocycles. The van der Waals surface area contributed by atoms with Gasteiger partial charge in [0.1, 0.15) is 5.00 Å². The molecule has 2 aliphatic rings. The van der Waals surface area contributed by atoms with Crippen LogP contribution in [0.15, 0.2) is 58.3 Å². The minimum absolute atomic E-state index is 0.0365. The van der Waals surface area contributed by atoms with Crippen LogP contribution in [0.5, 0.6) is 5.88 Å². The number of fused-ring (bicyclic) bond motifs is 2. The lowest BCUT2D eigenvalue weighted by Gasteiger charge is -2.27. The standard InChI is InChI=1S/C32H31N3O6S/c1-2-41-32(39)20-11-13-21(14-12-20)35-29(36)23-8-4-3-7-22(23)25(30(35)37)19-33-28-27(24-9-5-6-10-26(24)42-28)31(38)34-15-17-40-18-16-34/h3-4,7-8,11-14,19,37H,2,5-6,9-10,15-18H2,1H3. The van der Waals surface area contributed by atoms with Gasteiger partial charge in [-0.05, 0) is 68.5 Å². The lowest BCUT2D eigenvalue weighted by atomic mass is 9.95. The quantitative estimate of drug-likeness (QED) is 0.251. The molecule has 0 saturated carbocycles. The fraction of sp³-hybridized carbons (Fsp3) is 0.312. The van der Waals surface area contributed by atoms with Gasteiger partial charge in [0.2, 0.25) is 5.88 Å². The summed E-state index contributed by atoms with van der Waals surface area (Å²) >= 11 is 1.53. The van der Waals surface area contributed by atoms with Gasteiger partial charge in [-0.3, -0.25) is 9.59 Å². The number of nitrogens with zero attached hydrogens (tertiary/aromatic N) is 3. The SMILES string of the molecule is CCOC(=O)c1ccc(-n2c(O)c(C=Nc3sc4c(c3C(=O)N3CCOCC3)CCCC4)c3ccccc3c2=O)cc1. The van der Waals surface area contributed by atoms with E-state index < -0.39 is 11.5 Å². The van der Waals surface area contributed by atoms with E-state index in [1.165, 1.54) is 20.8 Å². The fourth-order valence-corrected chi connectivity index (χ4v) is 6.83. The molecule has 1 aliphatic carbocycles. The minimum atomic E-state index is -0.465. The van der Waals surface area contributed by atoms with Gasteiger partial charge >= 0.3 is 5.97 Å². The number of hydrogen-bond donors (Lipinski definition) is 1. The molecule has 0 unspecified atom stereocenters. The Kier molecular flexibility index (Phi) is 7.90. The van der Waals surface area contributed by atoms with E-state index >= 15 is 0 Å². The van der Waals surface area contributed by atoms with Gasteiger partial charge in [-0.2, -0.15) is 0 Å². The molecule has 1 amide bonds. The molecule has 0 atom stereocenters. The molecule has 1 aliphatic heterocycles. The van der Waals surface area contributed by atoms with Gasteiger partial charge in [-0.15, -0.1) is 11.3 Å². The first-order valence-corrected chi connectivity index (χ1v) is 15.0. The number of morpholine rings is 1. The Labute approximate surface area is 246 Å². The monoisotopic (exact) mass is 585 g/mol. The van der Waals surface area contributed by atoms with Crippen LogP contribution in [0.1, 0.15) is 56.5 Å². The number of ether oxygens (including phenoxy) is 2. The van der Waals surface area contributed by atoms with Gasteiger partial charge in [0.15, 0.2) is 0 Å². The molecule has 1 fully saturated rings. The molecule has 9 nitrogen and oxygen atoms in total. The first-order valence-electron chi connectivity index (χ1n) is 14.2. The van der Waals surface area contributed by atoms with E-state index in [9.17, 15) is 19.5 Å². The number of aliphatic imine (C=N–C) groups is 1. The molecule has 4 aromatic rings. The van der Waals surface area contributed by atoms with Crippen LogP contribution in [0.2, 0.25) is 0 Å². The van der Waals surface area contributed by atoms with Crippen molar-refractivity contribution in [1.82, 2.24) is 9.47 Å². The number of thiophene rings is 1. The Hall–Kier alpha value is -4.28. The van der Waals surface area contributed by atoms with Gasteiger partial charge in [0.25, 0.3) is 11.5 Å². The van der Waals surface area contributed by atoms with Gasteiger partial charge in [-0.25, -0.2) is 14.4 Å². The maximum Gasteiger partial charge on any atom is 0.338 e. The highest BCUT2D eigenvalue weighted by molar-refractivity contribution is 7.16. The Balaban J connectivity index is 1.46. The summed E-state index contributed by atoms with van der Waals surface area (Å²) < 4.78 is 11.7. The van der Waals surface area contributed by atoms with Crippen molar-refractivity contribution >= 4 is 45.2 Å². The highest BCUT2D eigenvalue weighted by Gasteiger charge is 2.29. The minimum Gasteiger partial charge on any atom is -0.494 e. The summed E-state index contributed by atoms with van der Waals surface area (Å²) in [6, 6.07) is 13.3. The predicted molar refractivity (Wildman–Crippen MR) is 162 cm³/mol. The number of pyridine rings is 1. The number of amides is 1. The normalized spacial score (nSPS) is 15.2. The van der Waals surface area contributed by atoms with E-state index in [0.29, 0.717) is 64.5 Å². The second-order valence-corrected chi connectivity index (χ2v) is 11.3. The smallest absolute Gasteiger partial charge is 0.338 e. The summed E-state index contributed by atoms with van der Waals surface area (Å²) in [5.41, 5.74) is 2.40. The van der Waals surface area contributed by atoms with Crippen LogP contribution in [0, 0.1) is 0 Å². The largest absolute Gasteiger partial charge is 0.494 e. The Morgan fingerprint density at radius 1 is 1.05 bits per heavy atom. The molecule has 0 spiro atoms. The maximum absolute atomic E-state index is 13.7. The molecule has 216 valence electrons. The third kappa shape index (κ3) is 5.12. The van der Waals surface area contributed by atoms with Crippen molar-refractivity contribution < 1.29 is 24.2 Å². The topological polar surface area (TPSA) is 110 Å². The lowest BCUT2D eigenvalue weighted by Crippen LogP contribution is -2.41. The zero-order chi connectivity index (χ0) is 29.2. The third-order valence-electron chi connectivity index (χ3n) is 7.72. The fourth-order valence-electron chi connectivity index (χ4n) is 5.60. The van der Waals surface area contributed by atoms with Gasteiger partial charge in [0.05, 0.1) is 42.2 Å². The summed E-state index contributed by atoms with van der Waals surface area (Å²) in [6.07, 6.45) is 5.41. The second-order valence-electron chi connectivity index (χ2n) is 10.2. The number of aromatic nitrogens is 1. The van der Waals surface area contributed by atoms with Crippen molar-refractivity contribution in [3.63, 3.8) is 0 Å². The van der Waals surface area contributed by atoms with Crippen molar-refractivity contribution in [3.05, 3.63) is 86.0 Å². The van der Waals surface area contributed by atoms with Crippen LogP contribution in [0.3, 0.4) is 0 Å². The lowest BCUT2D eigenvalue weighted by molar-refractivity contribution is 0.0303. The van der Waals surface area contributed by atoms with E-state index in [0.717, 1.165) is 31.2 Å². The van der Waals surface area contributed by atoms with Crippen LogP contribution in [0.25, 0.3) is 16.5 Å². The van der Waals surface area contributed by atoms with E-state index in [1.54, 1.807) is 61.7 Å². The van der Waals surface area contributed by atoms with Crippen molar-refractivity contribution in [2.45, 2.75) is 32.6 Å². The number of aromatic hydroxyl groups is 1. The van der Waals surface area contributed by atoms with E-state index in [4.69, 9.17) is 14.5 Å². The average Bonchev–Trinajstić information content (AvgIpc) is 3.40. The molecule has 42 heavy (non-hydrogen) atoms. The maximum atomic E-state index is 13.7. The van der Waals surface area contributed by atoms with Crippen LogP contribution >= 0.6 is 11.3 Å². The molecule has 2 aromatic carbocycles. The number of carbonyl (C=O) groups is 2. The third-order valence-corrected chi connectivity index (χ3v) is 8.92. The molecular formula is C32H31N3O6S. The molecular weight excluding hydrogens is 554 g/mol. The summed E-state index contributed by atoms with van der Waals surface area (Å²) in [6.45, 7) is 4.09. The molecule has 10 heteroatoms. The van der Waals surface area contributed by atoms with Gasteiger partial charge in [-0.1, -0.05) is 18.2 Å². The molecule has 0 bridgehead atoms. The summed E-state index contributed by atoms with van der Waals surface area (Å²) in [4.78, 5) is 47.2. The zero-order valence-corrected chi connectivity index (χ0v) is 24.1. The number of esters is 1. The summed E-state index contributed by atoms with van der Waals surface area (Å²) in [5, 5.41) is 13.1. The Morgan fingerprint density at radius 2 is 1.76 bits per heavy atom. The molecule has 6 rings (SSSR count). The van der Waals surface area contributed by atoms with E-state index in [1.807, 2.05) is 4.90 Å².